The van der Waals surface area contributed by atoms with Crippen molar-refractivity contribution in [1.82, 2.24) is 4.90 Å². The van der Waals surface area contributed by atoms with Gasteiger partial charge in [0.2, 0.25) is 0 Å². The standard InChI is InChI=1S/C17H32N2/c1-16(2)8-10-17(13-18,11-9-16)19-12-7-14-5-3-4-6-15(14)19/h14-15H,3-13,18H2,1-2H3. The molecule has 0 bridgehead atoms. The van der Waals surface area contributed by atoms with Crippen LogP contribution in [0.25, 0.3) is 0 Å². The van der Waals surface area contributed by atoms with Gasteiger partial charge in [0.15, 0.2) is 0 Å². The molecule has 0 amide bonds. The summed E-state index contributed by atoms with van der Waals surface area (Å²) in [6.07, 6.45) is 12.7. The Morgan fingerprint density at radius 1 is 1.00 bits per heavy atom. The molecule has 0 radical (unpaired) electrons. The first kappa shape index (κ1) is 13.9. The van der Waals surface area contributed by atoms with Crippen LogP contribution in [0, 0.1) is 11.3 Å². The average molecular weight is 264 g/mol. The van der Waals surface area contributed by atoms with Crippen LogP contribution in [0.3, 0.4) is 0 Å². The number of hydrogen-bond acceptors (Lipinski definition) is 2. The van der Waals surface area contributed by atoms with E-state index >= 15 is 0 Å². The lowest BCUT2D eigenvalue weighted by atomic mass is 9.68. The zero-order valence-electron chi connectivity index (χ0n) is 13.0. The van der Waals surface area contributed by atoms with E-state index in [2.05, 4.69) is 18.7 Å². The second kappa shape index (κ2) is 5.04. The summed E-state index contributed by atoms with van der Waals surface area (Å²) >= 11 is 0. The zero-order chi connectivity index (χ0) is 13.5. The number of nitrogens with two attached hydrogens (primary N) is 1. The Morgan fingerprint density at radius 3 is 2.37 bits per heavy atom. The summed E-state index contributed by atoms with van der Waals surface area (Å²) in [4.78, 5) is 2.88. The minimum atomic E-state index is 0.353. The molecule has 1 saturated heterocycles. The Balaban J connectivity index is 1.75. The minimum absolute atomic E-state index is 0.353. The van der Waals surface area contributed by atoms with Gasteiger partial charge in [-0.2, -0.15) is 0 Å². The molecule has 0 aromatic rings. The van der Waals surface area contributed by atoms with Crippen LogP contribution in [0.4, 0.5) is 0 Å². The van der Waals surface area contributed by atoms with Gasteiger partial charge in [-0.1, -0.05) is 26.7 Å². The fraction of sp³-hybridized carbons (Fsp3) is 1.00. The summed E-state index contributed by atoms with van der Waals surface area (Å²) in [5.74, 6) is 0.993. The molecule has 19 heavy (non-hydrogen) atoms. The summed E-state index contributed by atoms with van der Waals surface area (Å²) in [6, 6.07) is 0.874. The molecule has 3 aliphatic rings. The van der Waals surface area contributed by atoms with E-state index in [1.807, 2.05) is 0 Å². The number of hydrogen-bond donors (Lipinski definition) is 1. The monoisotopic (exact) mass is 264 g/mol. The fourth-order valence-corrected chi connectivity index (χ4v) is 5.00. The minimum Gasteiger partial charge on any atom is -0.329 e. The molecule has 2 N–H and O–H groups in total. The molecular formula is C17H32N2. The van der Waals surface area contributed by atoms with Crippen LogP contribution in [0.1, 0.15) is 71.6 Å². The van der Waals surface area contributed by atoms with Gasteiger partial charge in [-0.3, -0.25) is 4.90 Å². The Kier molecular flexibility index (Phi) is 3.68. The Labute approximate surface area is 119 Å². The van der Waals surface area contributed by atoms with Crippen molar-refractivity contribution in [2.24, 2.45) is 17.1 Å². The van der Waals surface area contributed by atoms with Gasteiger partial charge in [0.1, 0.15) is 0 Å². The molecule has 3 fully saturated rings. The topological polar surface area (TPSA) is 29.3 Å². The largest absolute Gasteiger partial charge is 0.329 e. The first-order valence-corrected chi connectivity index (χ1v) is 8.53. The fourth-order valence-electron chi connectivity index (χ4n) is 5.00. The molecular weight excluding hydrogens is 232 g/mol. The third kappa shape index (κ3) is 2.47. The van der Waals surface area contributed by atoms with Crippen LogP contribution in [-0.4, -0.2) is 29.6 Å². The molecule has 2 heteroatoms. The number of nitrogens with zero attached hydrogens (tertiary/aromatic N) is 1. The lowest BCUT2D eigenvalue weighted by Crippen LogP contribution is -2.58. The van der Waals surface area contributed by atoms with E-state index in [0.717, 1.165) is 18.5 Å². The first-order chi connectivity index (χ1) is 9.06. The van der Waals surface area contributed by atoms with Crippen LogP contribution in [0.2, 0.25) is 0 Å². The molecule has 0 aromatic carbocycles. The lowest BCUT2D eigenvalue weighted by molar-refractivity contribution is 0.0000923. The molecule has 3 rings (SSSR count). The van der Waals surface area contributed by atoms with Crippen LogP contribution in [0.15, 0.2) is 0 Å². The predicted octanol–water partition coefficient (Wildman–Crippen LogP) is 3.55. The summed E-state index contributed by atoms with van der Waals surface area (Å²) in [6.45, 7) is 7.07. The highest BCUT2D eigenvalue weighted by Gasteiger charge is 2.48. The van der Waals surface area contributed by atoms with Crippen molar-refractivity contribution >= 4 is 0 Å². The van der Waals surface area contributed by atoms with E-state index in [0.29, 0.717) is 11.0 Å². The van der Waals surface area contributed by atoms with Crippen molar-refractivity contribution in [1.29, 1.82) is 0 Å². The van der Waals surface area contributed by atoms with Crippen LogP contribution >= 0.6 is 0 Å². The van der Waals surface area contributed by atoms with Crippen molar-refractivity contribution in [2.45, 2.75) is 83.2 Å². The highest BCUT2D eigenvalue weighted by molar-refractivity contribution is 5.04. The van der Waals surface area contributed by atoms with E-state index in [9.17, 15) is 0 Å². The van der Waals surface area contributed by atoms with Crippen molar-refractivity contribution in [2.75, 3.05) is 13.1 Å². The van der Waals surface area contributed by atoms with Crippen molar-refractivity contribution in [3.63, 3.8) is 0 Å². The van der Waals surface area contributed by atoms with Gasteiger partial charge in [-0.15, -0.1) is 0 Å². The molecule has 2 aliphatic carbocycles. The van der Waals surface area contributed by atoms with Crippen LogP contribution < -0.4 is 5.73 Å². The van der Waals surface area contributed by atoms with Gasteiger partial charge in [-0.05, 0) is 62.8 Å². The molecule has 0 aromatic heterocycles. The van der Waals surface area contributed by atoms with Crippen molar-refractivity contribution in [3.8, 4) is 0 Å². The van der Waals surface area contributed by atoms with Gasteiger partial charge < -0.3 is 5.73 Å². The second-order valence-corrected chi connectivity index (χ2v) is 8.19. The van der Waals surface area contributed by atoms with Gasteiger partial charge in [0, 0.05) is 18.1 Å². The highest BCUT2D eigenvalue weighted by Crippen LogP contribution is 2.47. The molecule has 1 heterocycles. The highest BCUT2D eigenvalue weighted by atomic mass is 15.3. The normalized spacial score (nSPS) is 38.1. The molecule has 110 valence electrons. The van der Waals surface area contributed by atoms with Crippen LogP contribution in [-0.2, 0) is 0 Å². The van der Waals surface area contributed by atoms with Gasteiger partial charge in [0.25, 0.3) is 0 Å². The molecule has 0 spiro atoms. The molecule has 2 atom stereocenters. The smallest absolute Gasteiger partial charge is 0.0335 e. The van der Waals surface area contributed by atoms with E-state index in [1.54, 1.807) is 0 Å². The number of fused-ring (bicyclic) bond motifs is 1. The Morgan fingerprint density at radius 2 is 1.68 bits per heavy atom. The SMILES string of the molecule is CC1(C)CCC(CN)(N2CCC3CCCCC32)CC1. The Hall–Kier alpha value is -0.0800. The average Bonchev–Trinajstić information content (AvgIpc) is 2.84. The third-order valence-electron chi connectivity index (χ3n) is 6.53. The van der Waals surface area contributed by atoms with E-state index in [1.165, 1.54) is 64.3 Å². The molecule has 2 unspecified atom stereocenters. The van der Waals surface area contributed by atoms with Crippen molar-refractivity contribution in [3.05, 3.63) is 0 Å². The molecule has 2 nitrogen and oxygen atoms in total. The zero-order valence-corrected chi connectivity index (χ0v) is 13.0. The quantitative estimate of drug-likeness (QED) is 0.826. The van der Waals surface area contributed by atoms with E-state index in [-0.39, 0.29) is 0 Å². The first-order valence-electron chi connectivity index (χ1n) is 8.53. The number of rotatable bonds is 2. The molecule has 1 aliphatic heterocycles. The third-order valence-corrected chi connectivity index (χ3v) is 6.53. The van der Waals surface area contributed by atoms with Gasteiger partial charge >= 0.3 is 0 Å². The van der Waals surface area contributed by atoms with Gasteiger partial charge in [-0.25, -0.2) is 0 Å². The maximum absolute atomic E-state index is 6.29. The van der Waals surface area contributed by atoms with Crippen LogP contribution in [0.5, 0.6) is 0 Å². The Bertz CT molecular complexity index is 313. The van der Waals surface area contributed by atoms with Crippen molar-refractivity contribution < 1.29 is 0 Å². The summed E-state index contributed by atoms with van der Waals surface area (Å²) in [5.41, 5.74) is 7.19. The maximum Gasteiger partial charge on any atom is 0.0335 e. The van der Waals surface area contributed by atoms with E-state index < -0.39 is 0 Å². The second-order valence-electron chi connectivity index (χ2n) is 8.19. The number of likely N-dealkylation sites (tertiary alicyclic amines) is 1. The van der Waals surface area contributed by atoms with E-state index in [4.69, 9.17) is 5.73 Å². The predicted molar refractivity (Wildman–Crippen MR) is 81.1 cm³/mol. The summed E-state index contributed by atoms with van der Waals surface area (Å²) in [7, 11) is 0. The molecule has 2 saturated carbocycles. The lowest BCUT2D eigenvalue weighted by Gasteiger charge is -2.51. The maximum atomic E-state index is 6.29. The summed E-state index contributed by atoms with van der Waals surface area (Å²) in [5, 5.41) is 0. The summed E-state index contributed by atoms with van der Waals surface area (Å²) < 4.78 is 0. The van der Waals surface area contributed by atoms with Gasteiger partial charge in [0.05, 0.1) is 0 Å².